The Morgan fingerprint density at radius 2 is 1.43 bits per heavy atom. The monoisotopic (exact) mass is 402 g/mol. The number of amides is 1. The van der Waals surface area contributed by atoms with Crippen LogP contribution in [0.2, 0.25) is 0 Å². The molecule has 1 fully saturated rings. The van der Waals surface area contributed by atoms with Crippen LogP contribution in [0.15, 0.2) is 78.9 Å². The van der Waals surface area contributed by atoms with Crippen molar-refractivity contribution in [2.24, 2.45) is 0 Å². The third kappa shape index (κ3) is 4.57. The fraction of sp³-hybridized carbons (Fsp3) is 0.240. The molecule has 0 radical (unpaired) electrons. The summed E-state index contributed by atoms with van der Waals surface area (Å²) in [6.07, 6.45) is 0. The number of benzene rings is 3. The number of carbonyl (C=O) groups is 1. The lowest BCUT2D eigenvalue weighted by Gasteiger charge is -2.36. The number of hydrogen-bond acceptors (Lipinski definition) is 4. The van der Waals surface area contributed by atoms with Crippen LogP contribution in [0.4, 0.5) is 5.69 Å². The molecule has 3 aromatic carbocycles. The first-order valence-corrected chi connectivity index (χ1v) is 10.3. The van der Waals surface area contributed by atoms with E-state index in [4.69, 9.17) is 9.47 Å². The highest BCUT2D eigenvalue weighted by atomic mass is 16.5. The van der Waals surface area contributed by atoms with Gasteiger partial charge in [-0.25, -0.2) is 0 Å². The Morgan fingerprint density at radius 1 is 0.800 bits per heavy atom. The molecule has 0 saturated carbocycles. The van der Waals surface area contributed by atoms with Crippen molar-refractivity contribution in [1.29, 1.82) is 0 Å². The summed E-state index contributed by atoms with van der Waals surface area (Å²) in [7, 11) is 0. The highest BCUT2D eigenvalue weighted by Crippen LogP contribution is 2.29. The van der Waals surface area contributed by atoms with Gasteiger partial charge >= 0.3 is 0 Å². The maximum atomic E-state index is 12.9. The van der Waals surface area contributed by atoms with Gasteiger partial charge in [-0.15, -0.1) is 0 Å². The van der Waals surface area contributed by atoms with E-state index in [0.717, 1.165) is 36.0 Å². The molecule has 1 saturated heterocycles. The largest absolute Gasteiger partial charge is 0.492 e. The van der Waals surface area contributed by atoms with Crippen molar-refractivity contribution in [3.05, 3.63) is 84.4 Å². The first kappa shape index (κ1) is 19.8. The second kappa shape index (κ2) is 9.35. The van der Waals surface area contributed by atoms with Gasteiger partial charge in [0.2, 0.25) is 0 Å². The van der Waals surface area contributed by atoms with Gasteiger partial charge in [0, 0.05) is 31.7 Å². The molecular formula is C25H26N2O3. The number of anilines is 1. The summed E-state index contributed by atoms with van der Waals surface area (Å²) in [5.41, 5.74) is 1.77. The molecule has 4 rings (SSSR count). The fourth-order valence-electron chi connectivity index (χ4n) is 3.62. The van der Waals surface area contributed by atoms with Gasteiger partial charge in [0.1, 0.15) is 17.2 Å². The minimum Gasteiger partial charge on any atom is -0.492 e. The van der Waals surface area contributed by atoms with E-state index in [1.54, 1.807) is 0 Å². The topological polar surface area (TPSA) is 42.0 Å². The normalized spacial score (nSPS) is 13.8. The van der Waals surface area contributed by atoms with Gasteiger partial charge in [-0.1, -0.05) is 30.3 Å². The summed E-state index contributed by atoms with van der Waals surface area (Å²) in [6, 6.07) is 25.0. The van der Waals surface area contributed by atoms with Crippen LogP contribution in [0.3, 0.4) is 0 Å². The van der Waals surface area contributed by atoms with E-state index in [1.165, 1.54) is 0 Å². The highest BCUT2D eigenvalue weighted by Gasteiger charge is 2.23. The Labute approximate surface area is 177 Å². The summed E-state index contributed by atoms with van der Waals surface area (Å²) in [4.78, 5) is 17.1. The average molecular weight is 402 g/mol. The molecule has 0 bridgehead atoms. The van der Waals surface area contributed by atoms with Crippen molar-refractivity contribution >= 4 is 11.6 Å². The molecule has 0 N–H and O–H groups in total. The first-order chi connectivity index (χ1) is 14.7. The van der Waals surface area contributed by atoms with E-state index < -0.39 is 0 Å². The van der Waals surface area contributed by atoms with Crippen LogP contribution in [0.5, 0.6) is 17.2 Å². The standard InChI is InChI=1S/C25H26N2O3/c1-2-29-24-11-7-6-10-23(24)26-16-18-27(19-17-26)25(28)20-12-14-22(15-13-20)30-21-8-4-3-5-9-21/h3-15H,2,16-19H2,1H3. The SMILES string of the molecule is CCOc1ccccc1N1CCN(C(=O)c2ccc(Oc3ccccc3)cc2)CC1. The fourth-order valence-corrected chi connectivity index (χ4v) is 3.62. The number of hydrogen-bond donors (Lipinski definition) is 0. The van der Waals surface area contributed by atoms with E-state index in [2.05, 4.69) is 11.0 Å². The molecule has 0 spiro atoms. The molecule has 1 aliphatic rings. The number of nitrogens with zero attached hydrogens (tertiary/aromatic N) is 2. The summed E-state index contributed by atoms with van der Waals surface area (Å²) in [5, 5.41) is 0. The van der Waals surface area contributed by atoms with Crippen LogP contribution < -0.4 is 14.4 Å². The third-order valence-corrected chi connectivity index (χ3v) is 5.15. The van der Waals surface area contributed by atoms with Crippen LogP contribution in [0.25, 0.3) is 0 Å². The molecule has 5 nitrogen and oxygen atoms in total. The van der Waals surface area contributed by atoms with Crippen LogP contribution >= 0.6 is 0 Å². The lowest BCUT2D eigenvalue weighted by Crippen LogP contribution is -2.48. The van der Waals surface area contributed by atoms with Gasteiger partial charge in [-0.3, -0.25) is 4.79 Å². The summed E-state index contributed by atoms with van der Waals surface area (Å²) < 4.78 is 11.6. The van der Waals surface area contributed by atoms with Crippen LogP contribution in [0.1, 0.15) is 17.3 Å². The highest BCUT2D eigenvalue weighted by molar-refractivity contribution is 5.94. The lowest BCUT2D eigenvalue weighted by molar-refractivity contribution is 0.0746. The van der Waals surface area contributed by atoms with Crippen molar-refractivity contribution in [2.75, 3.05) is 37.7 Å². The first-order valence-electron chi connectivity index (χ1n) is 10.3. The Hall–Kier alpha value is -3.47. The van der Waals surface area contributed by atoms with Crippen molar-refractivity contribution in [1.82, 2.24) is 4.90 Å². The minimum atomic E-state index is 0.0546. The van der Waals surface area contributed by atoms with Gasteiger partial charge in [0.05, 0.1) is 12.3 Å². The zero-order valence-corrected chi connectivity index (χ0v) is 17.2. The number of rotatable bonds is 6. The van der Waals surface area contributed by atoms with E-state index in [0.29, 0.717) is 25.3 Å². The summed E-state index contributed by atoms with van der Waals surface area (Å²) in [5.74, 6) is 2.45. The van der Waals surface area contributed by atoms with Crippen LogP contribution in [-0.4, -0.2) is 43.6 Å². The zero-order chi connectivity index (χ0) is 20.8. The van der Waals surface area contributed by atoms with E-state index >= 15 is 0 Å². The van der Waals surface area contributed by atoms with Crippen molar-refractivity contribution in [2.45, 2.75) is 6.92 Å². The van der Waals surface area contributed by atoms with Gasteiger partial charge in [-0.2, -0.15) is 0 Å². The molecule has 5 heteroatoms. The van der Waals surface area contributed by atoms with Crippen LogP contribution in [-0.2, 0) is 0 Å². The Balaban J connectivity index is 1.36. The maximum Gasteiger partial charge on any atom is 0.253 e. The van der Waals surface area contributed by atoms with E-state index in [-0.39, 0.29) is 5.91 Å². The number of carbonyl (C=O) groups excluding carboxylic acids is 1. The third-order valence-electron chi connectivity index (χ3n) is 5.15. The predicted octanol–water partition coefficient (Wildman–Crippen LogP) is 4.84. The van der Waals surface area contributed by atoms with Gasteiger partial charge in [-0.05, 0) is 55.5 Å². The molecule has 154 valence electrons. The molecule has 0 aliphatic carbocycles. The van der Waals surface area contributed by atoms with Crippen molar-refractivity contribution in [3.8, 4) is 17.2 Å². The second-order valence-corrected chi connectivity index (χ2v) is 7.12. The quantitative estimate of drug-likeness (QED) is 0.592. The molecule has 0 aromatic heterocycles. The smallest absolute Gasteiger partial charge is 0.253 e. The van der Waals surface area contributed by atoms with E-state index in [9.17, 15) is 4.79 Å². The van der Waals surface area contributed by atoms with Gasteiger partial charge in [0.25, 0.3) is 5.91 Å². The molecule has 1 amide bonds. The Kier molecular flexibility index (Phi) is 6.18. The molecular weight excluding hydrogens is 376 g/mol. The molecule has 0 atom stereocenters. The maximum absolute atomic E-state index is 12.9. The molecule has 30 heavy (non-hydrogen) atoms. The zero-order valence-electron chi connectivity index (χ0n) is 17.2. The van der Waals surface area contributed by atoms with Gasteiger partial charge in [0.15, 0.2) is 0 Å². The van der Waals surface area contributed by atoms with Crippen LogP contribution in [0, 0.1) is 0 Å². The van der Waals surface area contributed by atoms with Crippen molar-refractivity contribution in [3.63, 3.8) is 0 Å². The lowest BCUT2D eigenvalue weighted by atomic mass is 10.1. The Bertz CT molecular complexity index is 965. The molecule has 1 aliphatic heterocycles. The molecule has 0 unspecified atom stereocenters. The number of piperazine rings is 1. The average Bonchev–Trinajstić information content (AvgIpc) is 2.81. The molecule has 1 heterocycles. The summed E-state index contributed by atoms with van der Waals surface area (Å²) >= 11 is 0. The number of para-hydroxylation sites is 3. The van der Waals surface area contributed by atoms with Gasteiger partial charge < -0.3 is 19.3 Å². The minimum absolute atomic E-state index is 0.0546. The molecule has 3 aromatic rings. The second-order valence-electron chi connectivity index (χ2n) is 7.12. The van der Waals surface area contributed by atoms with E-state index in [1.807, 2.05) is 84.6 Å². The van der Waals surface area contributed by atoms with Crippen molar-refractivity contribution < 1.29 is 14.3 Å². The summed E-state index contributed by atoms with van der Waals surface area (Å²) in [6.45, 7) is 5.56. The Morgan fingerprint density at radius 3 is 2.13 bits per heavy atom. The predicted molar refractivity (Wildman–Crippen MR) is 119 cm³/mol. The number of ether oxygens (including phenoxy) is 2.